The van der Waals surface area contributed by atoms with Crippen molar-refractivity contribution in [2.45, 2.75) is 38.8 Å². The van der Waals surface area contributed by atoms with Crippen molar-refractivity contribution in [2.24, 2.45) is 0 Å². The predicted molar refractivity (Wildman–Crippen MR) is 118 cm³/mol. The van der Waals surface area contributed by atoms with Crippen LogP contribution in [-0.4, -0.2) is 56.1 Å². The summed E-state index contributed by atoms with van der Waals surface area (Å²) in [6, 6.07) is 7.93. The number of benzene rings is 1. The molecule has 0 bridgehead atoms. The molecule has 0 unspecified atom stereocenters. The summed E-state index contributed by atoms with van der Waals surface area (Å²) in [5, 5.41) is 9.99. The molecule has 5 rings (SSSR count). The summed E-state index contributed by atoms with van der Waals surface area (Å²) in [7, 11) is 0. The number of halogens is 1. The Balaban J connectivity index is 1.43. The summed E-state index contributed by atoms with van der Waals surface area (Å²) in [5.41, 5.74) is 2.29. The molecule has 0 N–H and O–H groups in total. The second-order valence-electron chi connectivity index (χ2n) is 8.00. The van der Waals surface area contributed by atoms with E-state index in [0.717, 1.165) is 60.8 Å². The van der Waals surface area contributed by atoms with E-state index in [1.807, 2.05) is 25.1 Å². The van der Waals surface area contributed by atoms with Gasteiger partial charge in [-0.05, 0) is 49.6 Å². The number of hydrogen-bond acceptors (Lipinski definition) is 7. The number of nitrogens with zero attached hydrogens (tertiary/aromatic N) is 7. The van der Waals surface area contributed by atoms with Crippen molar-refractivity contribution in [2.75, 3.05) is 31.3 Å². The molecule has 4 heterocycles. The van der Waals surface area contributed by atoms with Crippen LogP contribution in [0.25, 0.3) is 5.69 Å². The molecule has 2 aromatic heterocycles. The standard InChI is InChI=1S/C22H26ClN7O/c1-2-31-15-28-13-17-12-18(23)4-5-19(17)30-20(14-28)26-27-21(30)16-6-10-29(11-7-16)22-24-8-3-9-25-22/h3-5,8-9,12,16H,2,6-7,10-11,13-15H2,1H3. The summed E-state index contributed by atoms with van der Waals surface area (Å²) in [4.78, 5) is 13.3. The summed E-state index contributed by atoms with van der Waals surface area (Å²) in [5.74, 6) is 3.12. The Labute approximate surface area is 186 Å². The molecule has 3 aromatic rings. The molecule has 1 saturated heterocycles. The second-order valence-corrected chi connectivity index (χ2v) is 8.44. The van der Waals surface area contributed by atoms with Gasteiger partial charge in [0.25, 0.3) is 0 Å². The van der Waals surface area contributed by atoms with Gasteiger partial charge >= 0.3 is 0 Å². The van der Waals surface area contributed by atoms with Gasteiger partial charge in [-0.3, -0.25) is 9.47 Å². The second kappa shape index (κ2) is 8.90. The van der Waals surface area contributed by atoms with E-state index >= 15 is 0 Å². The van der Waals surface area contributed by atoms with Crippen LogP contribution in [0.4, 0.5) is 5.95 Å². The third-order valence-electron chi connectivity index (χ3n) is 5.97. The quantitative estimate of drug-likeness (QED) is 0.603. The molecule has 0 amide bonds. The molecule has 31 heavy (non-hydrogen) atoms. The Morgan fingerprint density at radius 2 is 1.90 bits per heavy atom. The van der Waals surface area contributed by atoms with Crippen LogP contribution in [-0.2, 0) is 17.8 Å². The first-order valence-electron chi connectivity index (χ1n) is 10.8. The minimum absolute atomic E-state index is 0.336. The molecule has 9 heteroatoms. The smallest absolute Gasteiger partial charge is 0.225 e. The van der Waals surface area contributed by atoms with Crippen LogP contribution in [0.2, 0.25) is 5.02 Å². The first-order valence-corrected chi connectivity index (χ1v) is 11.2. The van der Waals surface area contributed by atoms with E-state index in [1.165, 1.54) is 5.56 Å². The van der Waals surface area contributed by atoms with Gasteiger partial charge in [0.05, 0.1) is 19.0 Å². The molecular weight excluding hydrogens is 414 g/mol. The maximum absolute atomic E-state index is 6.34. The van der Waals surface area contributed by atoms with Crippen LogP contribution in [0.1, 0.15) is 42.9 Å². The van der Waals surface area contributed by atoms with Crippen LogP contribution in [0.5, 0.6) is 0 Å². The Kier molecular flexibility index (Phi) is 5.85. The van der Waals surface area contributed by atoms with Crippen molar-refractivity contribution in [3.63, 3.8) is 0 Å². The fraction of sp³-hybridized carbons (Fsp3) is 0.455. The van der Waals surface area contributed by atoms with Gasteiger partial charge in [-0.2, -0.15) is 0 Å². The van der Waals surface area contributed by atoms with Crippen molar-refractivity contribution in [1.82, 2.24) is 29.6 Å². The van der Waals surface area contributed by atoms with E-state index in [4.69, 9.17) is 16.3 Å². The maximum atomic E-state index is 6.34. The molecule has 0 radical (unpaired) electrons. The molecule has 1 aromatic carbocycles. The van der Waals surface area contributed by atoms with Crippen LogP contribution in [0.15, 0.2) is 36.7 Å². The first-order chi connectivity index (χ1) is 15.2. The van der Waals surface area contributed by atoms with Crippen LogP contribution < -0.4 is 4.90 Å². The first kappa shape index (κ1) is 20.4. The van der Waals surface area contributed by atoms with E-state index in [2.05, 4.69) is 40.6 Å². The van der Waals surface area contributed by atoms with E-state index in [-0.39, 0.29) is 0 Å². The highest BCUT2D eigenvalue weighted by atomic mass is 35.5. The molecule has 0 atom stereocenters. The van der Waals surface area contributed by atoms with Gasteiger partial charge in [-0.1, -0.05) is 11.6 Å². The monoisotopic (exact) mass is 439 g/mol. The Morgan fingerprint density at radius 3 is 2.68 bits per heavy atom. The molecule has 2 aliphatic rings. The zero-order valence-corrected chi connectivity index (χ0v) is 18.4. The topological polar surface area (TPSA) is 72.2 Å². The average molecular weight is 440 g/mol. The molecule has 0 aliphatic carbocycles. The van der Waals surface area contributed by atoms with Gasteiger partial charge in [-0.15, -0.1) is 10.2 Å². The zero-order valence-electron chi connectivity index (χ0n) is 17.6. The molecule has 1 fully saturated rings. The number of anilines is 1. The van der Waals surface area contributed by atoms with Crippen molar-refractivity contribution >= 4 is 17.5 Å². The molecule has 2 aliphatic heterocycles. The lowest BCUT2D eigenvalue weighted by molar-refractivity contribution is 0.0254. The average Bonchev–Trinajstić information content (AvgIpc) is 3.14. The van der Waals surface area contributed by atoms with Gasteiger partial charge in [0, 0.05) is 49.6 Å². The zero-order chi connectivity index (χ0) is 21.2. The van der Waals surface area contributed by atoms with Gasteiger partial charge < -0.3 is 9.64 Å². The molecular formula is C22H26ClN7O. The Morgan fingerprint density at radius 1 is 1.10 bits per heavy atom. The lowest BCUT2D eigenvalue weighted by Gasteiger charge is -2.31. The van der Waals surface area contributed by atoms with Gasteiger partial charge in [-0.25, -0.2) is 9.97 Å². The van der Waals surface area contributed by atoms with Crippen molar-refractivity contribution in [1.29, 1.82) is 0 Å². The number of aromatic nitrogens is 5. The highest BCUT2D eigenvalue weighted by Gasteiger charge is 2.30. The third-order valence-corrected chi connectivity index (χ3v) is 6.20. The summed E-state index contributed by atoms with van der Waals surface area (Å²) < 4.78 is 7.93. The fourth-order valence-corrected chi connectivity index (χ4v) is 4.65. The third kappa shape index (κ3) is 4.15. The molecule has 0 spiro atoms. The Bertz CT molecular complexity index is 1030. The lowest BCUT2D eigenvalue weighted by atomic mass is 9.95. The summed E-state index contributed by atoms with van der Waals surface area (Å²) in [6.45, 7) is 6.51. The Hall–Kier alpha value is -2.55. The van der Waals surface area contributed by atoms with Gasteiger partial charge in [0.15, 0.2) is 5.82 Å². The number of hydrogen-bond donors (Lipinski definition) is 0. The van der Waals surface area contributed by atoms with E-state index in [0.29, 0.717) is 25.8 Å². The SMILES string of the molecule is CCOCN1Cc2cc(Cl)ccc2-n2c(nnc2C2CCN(c3ncccn3)CC2)C1. The highest BCUT2D eigenvalue weighted by molar-refractivity contribution is 6.30. The normalized spacial score (nSPS) is 17.3. The highest BCUT2D eigenvalue weighted by Crippen LogP contribution is 2.34. The number of ether oxygens (including phenoxy) is 1. The van der Waals surface area contributed by atoms with Crippen LogP contribution in [0.3, 0.4) is 0 Å². The molecule has 8 nitrogen and oxygen atoms in total. The van der Waals surface area contributed by atoms with Crippen LogP contribution in [0, 0.1) is 0 Å². The van der Waals surface area contributed by atoms with Crippen molar-refractivity contribution < 1.29 is 4.74 Å². The van der Waals surface area contributed by atoms with E-state index < -0.39 is 0 Å². The number of piperidine rings is 1. The number of fused-ring (bicyclic) bond motifs is 3. The van der Waals surface area contributed by atoms with E-state index in [9.17, 15) is 0 Å². The van der Waals surface area contributed by atoms with Gasteiger partial charge in [0.1, 0.15) is 5.82 Å². The fourth-order valence-electron chi connectivity index (χ4n) is 4.46. The lowest BCUT2D eigenvalue weighted by Crippen LogP contribution is -2.34. The predicted octanol–water partition coefficient (Wildman–Crippen LogP) is 3.40. The number of rotatable bonds is 5. The molecule has 0 saturated carbocycles. The molecule has 162 valence electrons. The minimum atomic E-state index is 0.336. The van der Waals surface area contributed by atoms with Gasteiger partial charge in [0.2, 0.25) is 5.95 Å². The minimum Gasteiger partial charge on any atom is -0.366 e. The summed E-state index contributed by atoms with van der Waals surface area (Å²) in [6.07, 6.45) is 5.57. The van der Waals surface area contributed by atoms with Crippen molar-refractivity contribution in [3.05, 3.63) is 58.9 Å². The van der Waals surface area contributed by atoms with Crippen molar-refractivity contribution in [3.8, 4) is 5.69 Å². The maximum Gasteiger partial charge on any atom is 0.225 e. The van der Waals surface area contributed by atoms with E-state index in [1.54, 1.807) is 12.4 Å². The summed E-state index contributed by atoms with van der Waals surface area (Å²) >= 11 is 6.34. The van der Waals surface area contributed by atoms with Crippen LogP contribution >= 0.6 is 11.6 Å². The largest absolute Gasteiger partial charge is 0.366 e.